The van der Waals surface area contributed by atoms with Crippen molar-refractivity contribution in [1.29, 1.82) is 0 Å². The van der Waals surface area contributed by atoms with Crippen LogP contribution in [0.3, 0.4) is 0 Å². The lowest BCUT2D eigenvalue weighted by molar-refractivity contribution is 0.0649. The molecule has 0 saturated carbocycles. The summed E-state index contributed by atoms with van der Waals surface area (Å²) in [5.41, 5.74) is 2.69. The minimum Gasteiger partial charge on any atom is -0.364 e. The van der Waals surface area contributed by atoms with Crippen molar-refractivity contribution in [3.63, 3.8) is 0 Å². The van der Waals surface area contributed by atoms with Crippen molar-refractivity contribution in [2.24, 2.45) is 0 Å². The maximum absolute atomic E-state index is 13.8. The van der Waals surface area contributed by atoms with E-state index < -0.39 is 0 Å². The Morgan fingerprint density at radius 1 is 0.682 bits per heavy atom. The molecule has 3 rings (SSSR count). The van der Waals surface area contributed by atoms with Gasteiger partial charge in [-0.15, -0.1) is 0 Å². The van der Waals surface area contributed by atoms with Crippen molar-refractivity contribution < 1.29 is 9.13 Å². The molecular formula is C20H17FO. The summed E-state index contributed by atoms with van der Waals surface area (Å²) in [5, 5.41) is 0. The normalized spacial score (nSPS) is 10.8. The van der Waals surface area contributed by atoms with Crippen molar-refractivity contribution in [3.05, 3.63) is 107 Å². The number of benzene rings is 3. The number of rotatable bonds is 5. The summed E-state index contributed by atoms with van der Waals surface area (Å²) in [6.07, 6.45) is -0.206. The molecule has 1 nitrogen and oxygen atoms in total. The summed E-state index contributed by atoms with van der Waals surface area (Å²) in [4.78, 5) is 0. The molecule has 0 unspecified atom stereocenters. The van der Waals surface area contributed by atoms with Gasteiger partial charge in [-0.3, -0.25) is 0 Å². The van der Waals surface area contributed by atoms with Crippen LogP contribution >= 0.6 is 0 Å². The Morgan fingerprint density at radius 3 is 1.73 bits per heavy atom. The number of hydrogen-bond donors (Lipinski definition) is 0. The zero-order chi connectivity index (χ0) is 15.2. The Morgan fingerprint density at radius 2 is 1.18 bits per heavy atom. The summed E-state index contributed by atoms with van der Waals surface area (Å²) >= 11 is 0. The third-order valence-corrected chi connectivity index (χ3v) is 3.57. The highest BCUT2D eigenvalue weighted by atomic mass is 19.1. The highest BCUT2D eigenvalue weighted by Crippen LogP contribution is 2.27. The lowest BCUT2D eigenvalue weighted by atomic mass is 10.0. The molecule has 0 saturated heterocycles. The van der Waals surface area contributed by atoms with Gasteiger partial charge in [0, 0.05) is 5.56 Å². The van der Waals surface area contributed by atoms with Crippen LogP contribution in [-0.4, -0.2) is 0 Å². The van der Waals surface area contributed by atoms with Gasteiger partial charge in [0.25, 0.3) is 0 Å². The van der Waals surface area contributed by atoms with Gasteiger partial charge >= 0.3 is 0 Å². The first-order valence-corrected chi connectivity index (χ1v) is 7.29. The smallest absolute Gasteiger partial charge is 0.128 e. The van der Waals surface area contributed by atoms with E-state index in [0.29, 0.717) is 5.56 Å². The molecule has 0 amide bonds. The van der Waals surface area contributed by atoms with Crippen LogP contribution in [0.15, 0.2) is 84.9 Å². The number of halogens is 1. The highest BCUT2D eigenvalue weighted by Gasteiger charge is 2.15. The van der Waals surface area contributed by atoms with Gasteiger partial charge in [0.05, 0.1) is 6.61 Å². The van der Waals surface area contributed by atoms with Crippen LogP contribution in [0.4, 0.5) is 4.39 Å². The first kappa shape index (κ1) is 14.5. The fraction of sp³-hybridized carbons (Fsp3) is 0.100. The first-order chi connectivity index (χ1) is 10.8. The van der Waals surface area contributed by atoms with Gasteiger partial charge in [-0.05, 0) is 17.2 Å². The summed E-state index contributed by atoms with van der Waals surface area (Å²) in [6.45, 7) is 0.237. The summed E-state index contributed by atoms with van der Waals surface area (Å²) in [7, 11) is 0. The van der Waals surface area contributed by atoms with Crippen LogP contribution in [0.2, 0.25) is 0 Å². The number of hydrogen-bond acceptors (Lipinski definition) is 1. The van der Waals surface area contributed by atoms with E-state index in [2.05, 4.69) is 0 Å². The molecule has 0 N–H and O–H groups in total. The molecule has 0 fully saturated rings. The minimum absolute atomic E-state index is 0.206. The summed E-state index contributed by atoms with van der Waals surface area (Å²) < 4.78 is 19.8. The molecule has 0 radical (unpaired) electrons. The fourth-order valence-electron chi connectivity index (χ4n) is 2.43. The molecule has 0 atom stereocenters. The predicted octanol–water partition coefficient (Wildman–Crippen LogP) is 5.13. The third kappa shape index (κ3) is 3.41. The van der Waals surface area contributed by atoms with Gasteiger partial charge in [-0.1, -0.05) is 78.9 Å². The van der Waals surface area contributed by atoms with Crippen LogP contribution in [0, 0.1) is 5.82 Å². The van der Waals surface area contributed by atoms with Crippen molar-refractivity contribution >= 4 is 0 Å². The van der Waals surface area contributed by atoms with Crippen molar-refractivity contribution in [1.82, 2.24) is 0 Å². The predicted molar refractivity (Wildman–Crippen MR) is 85.9 cm³/mol. The van der Waals surface area contributed by atoms with E-state index >= 15 is 0 Å². The lowest BCUT2D eigenvalue weighted by Crippen LogP contribution is -2.07. The molecule has 3 aromatic carbocycles. The lowest BCUT2D eigenvalue weighted by Gasteiger charge is -2.19. The molecule has 2 heteroatoms. The molecule has 0 aliphatic heterocycles. The Labute approximate surface area is 130 Å². The molecule has 0 aliphatic carbocycles. The first-order valence-electron chi connectivity index (χ1n) is 7.29. The van der Waals surface area contributed by atoms with E-state index in [1.807, 2.05) is 66.7 Å². The van der Waals surface area contributed by atoms with Gasteiger partial charge in [0.2, 0.25) is 0 Å². The van der Waals surface area contributed by atoms with Crippen LogP contribution in [0.1, 0.15) is 22.8 Å². The SMILES string of the molecule is Fc1ccccc1COC(c1ccccc1)c1ccccc1. The van der Waals surface area contributed by atoms with E-state index in [1.165, 1.54) is 6.07 Å². The quantitative estimate of drug-likeness (QED) is 0.633. The monoisotopic (exact) mass is 292 g/mol. The van der Waals surface area contributed by atoms with Crippen molar-refractivity contribution in [3.8, 4) is 0 Å². The standard InChI is InChI=1S/C20H17FO/c21-19-14-8-7-13-18(19)15-22-20(16-9-3-1-4-10-16)17-11-5-2-6-12-17/h1-14,20H,15H2. The van der Waals surface area contributed by atoms with Gasteiger partial charge < -0.3 is 4.74 Å². The average Bonchev–Trinajstić information content (AvgIpc) is 2.59. The van der Waals surface area contributed by atoms with E-state index in [9.17, 15) is 4.39 Å². The minimum atomic E-state index is -0.234. The van der Waals surface area contributed by atoms with E-state index in [0.717, 1.165) is 11.1 Å². The van der Waals surface area contributed by atoms with Crippen molar-refractivity contribution in [2.45, 2.75) is 12.7 Å². The average molecular weight is 292 g/mol. The second kappa shape index (κ2) is 7.01. The van der Waals surface area contributed by atoms with E-state index in [1.54, 1.807) is 12.1 Å². The second-order valence-corrected chi connectivity index (χ2v) is 5.10. The Bertz CT molecular complexity index is 671. The zero-order valence-electron chi connectivity index (χ0n) is 12.2. The molecule has 0 spiro atoms. The van der Waals surface area contributed by atoms with Crippen LogP contribution in [0.5, 0.6) is 0 Å². The molecule has 0 bridgehead atoms. The fourth-order valence-corrected chi connectivity index (χ4v) is 2.43. The van der Waals surface area contributed by atoms with E-state index in [-0.39, 0.29) is 18.5 Å². The zero-order valence-corrected chi connectivity index (χ0v) is 12.2. The molecule has 0 heterocycles. The van der Waals surface area contributed by atoms with E-state index in [4.69, 9.17) is 4.74 Å². The largest absolute Gasteiger partial charge is 0.364 e. The maximum atomic E-state index is 13.8. The second-order valence-electron chi connectivity index (χ2n) is 5.10. The highest BCUT2D eigenvalue weighted by molar-refractivity contribution is 5.30. The Hall–Kier alpha value is -2.45. The van der Waals surface area contributed by atoms with Gasteiger partial charge in [-0.25, -0.2) is 4.39 Å². The molecule has 22 heavy (non-hydrogen) atoms. The Balaban J connectivity index is 1.85. The third-order valence-electron chi connectivity index (χ3n) is 3.57. The molecule has 0 aliphatic rings. The summed E-state index contributed by atoms with van der Waals surface area (Å²) in [5.74, 6) is -0.234. The maximum Gasteiger partial charge on any atom is 0.128 e. The number of ether oxygens (including phenoxy) is 1. The van der Waals surface area contributed by atoms with Crippen LogP contribution in [-0.2, 0) is 11.3 Å². The van der Waals surface area contributed by atoms with Gasteiger partial charge in [0.15, 0.2) is 0 Å². The molecular weight excluding hydrogens is 275 g/mol. The van der Waals surface area contributed by atoms with Gasteiger partial charge in [0.1, 0.15) is 11.9 Å². The Kier molecular flexibility index (Phi) is 4.62. The topological polar surface area (TPSA) is 9.23 Å². The molecule has 3 aromatic rings. The van der Waals surface area contributed by atoms with Crippen LogP contribution in [0.25, 0.3) is 0 Å². The molecule has 0 aromatic heterocycles. The molecule has 110 valence electrons. The van der Waals surface area contributed by atoms with Crippen molar-refractivity contribution in [2.75, 3.05) is 0 Å². The summed E-state index contributed by atoms with van der Waals surface area (Å²) in [6, 6.07) is 26.7. The van der Waals surface area contributed by atoms with Crippen LogP contribution < -0.4 is 0 Å². The van der Waals surface area contributed by atoms with Gasteiger partial charge in [-0.2, -0.15) is 0 Å².